The molecule has 6 nitrogen and oxygen atoms in total. The molecular weight excluding hydrogens is 316 g/mol. The Hall–Kier alpha value is -2.86. The molecule has 0 unspecified atom stereocenters. The second-order valence-corrected chi connectivity index (χ2v) is 6.01. The molecule has 0 saturated heterocycles. The lowest BCUT2D eigenvalue weighted by molar-refractivity contribution is 0.0948. The topological polar surface area (TPSA) is 67.7 Å². The highest BCUT2D eigenvalue weighted by Gasteiger charge is 2.12. The van der Waals surface area contributed by atoms with E-state index < -0.39 is 0 Å². The Kier molecular flexibility index (Phi) is 4.35. The summed E-state index contributed by atoms with van der Waals surface area (Å²) in [6.07, 6.45) is 4.68. The summed E-state index contributed by atoms with van der Waals surface area (Å²) in [6.45, 7) is 2.83. The molecule has 4 rings (SSSR count). The highest BCUT2D eigenvalue weighted by Crippen LogP contribution is 2.27. The lowest BCUT2D eigenvalue weighted by Gasteiger charge is -2.11. The molecule has 128 valence electrons. The Morgan fingerprint density at radius 3 is 2.96 bits per heavy atom. The van der Waals surface area contributed by atoms with Crippen molar-refractivity contribution in [2.45, 2.75) is 6.42 Å². The molecule has 3 aromatic rings. The zero-order valence-electron chi connectivity index (χ0n) is 13.9. The van der Waals surface area contributed by atoms with Crippen molar-refractivity contribution in [3.8, 4) is 16.9 Å². The minimum Gasteiger partial charge on any atom is -0.492 e. The number of benzene rings is 1. The maximum atomic E-state index is 12.3. The third-order valence-electron chi connectivity index (χ3n) is 4.25. The number of aromatic nitrogens is 2. The van der Waals surface area contributed by atoms with Crippen LogP contribution in [0.1, 0.15) is 16.9 Å². The summed E-state index contributed by atoms with van der Waals surface area (Å²) in [4.78, 5) is 16.9. The van der Waals surface area contributed by atoms with Crippen molar-refractivity contribution in [1.29, 1.82) is 0 Å². The molecule has 25 heavy (non-hydrogen) atoms. The number of ether oxygens (including phenoxy) is 1. The van der Waals surface area contributed by atoms with E-state index in [4.69, 9.17) is 4.74 Å². The molecule has 1 aliphatic rings. The molecule has 1 aromatic carbocycles. The van der Waals surface area contributed by atoms with E-state index >= 15 is 0 Å². The first-order valence-electron chi connectivity index (χ1n) is 8.51. The first kappa shape index (κ1) is 15.7. The SMILES string of the molecule is O=C1NCCCNCCOc2cccc(c2)-c2ccn3ccc1nc23. The van der Waals surface area contributed by atoms with E-state index in [-0.39, 0.29) is 5.91 Å². The highest BCUT2D eigenvalue weighted by atomic mass is 16.5. The minimum atomic E-state index is -0.140. The summed E-state index contributed by atoms with van der Waals surface area (Å²) in [7, 11) is 0. The summed E-state index contributed by atoms with van der Waals surface area (Å²) >= 11 is 0. The van der Waals surface area contributed by atoms with Gasteiger partial charge in [-0.25, -0.2) is 4.98 Å². The van der Waals surface area contributed by atoms with Crippen LogP contribution in [0, 0.1) is 0 Å². The number of carbonyl (C=O) groups excluding carboxylic acids is 1. The molecule has 0 aliphatic carbocycles. The van der Waals surface area contributed by atoms with Gasteiger partial charge in [0.05, 0.1) is 0 Å². The third kappa shape index (κ3) is 3.34. The Labute approximate surface area is 145 Å². The van der Waals surface area contributed by atoms with Gasteiger partial charge in [-0.2, -0.15) is 0 Å². The average Bonchev–Trinajstić information content (AvgIpc) is 3.06. The number of rotatable bonds is 0. The quantitative estimate of drug-likeness (QED) is 0.660. The van der Waals surface area contributed by atoms with Crippen LogP contribution in [0.5, 0.6) is 5.75 Å². The van der Waals surface area contributed by atoms with E-state index in [1.54, 1.807) is 6.07 Å². The molecule has 6 heteroatoms. The summed E-state index contributed by atoms with van der Waals surface area (Å²) in [6, 6.07) is 11.7. The van der Waals surface area contributed by atoms with E-state index in [1.807, 2.05) is 47.1 Å². The molecule has 3 heterocycles. The first-order chi connectivity index (χ1) is 12.3. The maximum Gasteiger partial charge on any atom is 0.270 e. The zero-order chi connectivity index (χ0) is 17.1. The summed E-state index contributed by atoms with van der Waals surface area (Å²) in [5.74, 6) is 0.693. The van der Waals surface area contributed by atoms with Crippen LogP contribution >= 0.6 is 0 Å². The lowest BCUT2D eigenvalue weighted by atomic mass is 10.1. The molecule has 0 radical (unpaired) electrons. The van der Waals surface area contributed by atoms with Crippen molar-refractivity contribution in [1.82, 2.24) is 20.0 Å². The second kappa shape index (κ2) is 6.94. The predicted octanol–water partition coefficient (Wildman–Crippen LogP) is 2.10. The van der Waals surface area contributed by atoms with Gasteiger partial charge in [0.25, 0.3) is 5.91 Å². The van der Waals surface area contributed by atoms with Crippen molar-refractivity contribution in [2.75, 3.05) is 26.2 Å². The van der Waals surface area contributed by atoms with Crippen LogP contribution in [0.3, 0.4) is 0 Å². The van der Waals surface area contributed by atoms with Gasteiger partial charge in [0.2, 0.25) is 0 Å². The number of fused-ring (bicyclic) bond motifs is 4. The van der Waals surface area contributed by atoms with Gasteiger partial charge >= 0.3 is 0 Å². The fourth-order valence-electron chi connectivity index (χ4n) is 2.96. The highest BCUT2D eigenvalue weighted by molar-refractivity contribution is 5.93. The van der Waals surface area contributed by atoms with Gasteiger partial charge in [-0.05, 0) is 42.8 Å². The van der Waals surface area contributed by atoms with Crippen molar-refractivity contribution in [3.63, 3.8) is 0 Å². The first-order valence-corrected chi connectivity index (χ1v) is 8.51. The smallest absolute Gasteiger partial charge is 0.270 e. The molecule has 1 aliphatic heterocycles. The Balaban J connectivity index is 1.77. The molecule has 0 fully saturated rings. The van der Waals surface area contributed by atoms with Crippen LogP contribution < -0.4 is 15.4 Å². The van der Waals surface area contributed by atoms with Crippen molar-refractivity contribution in [2.24, 2.45) is 0 Å². The van der Waals surface area contributed by atoms with Gasteiger partial charge < -0.3 is 19.8 Å². The molecule has 1 amide bonds. The summed E-state index contributed by atoms with van der Waals surface area (Å²) < 4.78 is 7.76. The molecule has 0 saturated carbocycles. The van der Waals surface area contributed by atoms with Crippen LogP contribution in [-0.2, 0) is 0 Å². The van der Waals surface area contributed by atoms with Crippen LogP contribution in [-0.4, -0.2) is 41.5 Å². The van der Waals surface area contributed by atoms with Crippen LogP contribution in [0.2, 0.25) is 0 Å². The summed E-state index contributed by atoms with van der Waals surface area (Å²) in [5, 5.41) is 6.23. The Morgan fingerprint density at radius 1 is 1.08 bits per heavy atom. The molecule has 2 N–H and O–H groups in total. The predicted molar refractivity (Wildman–Crippen MR) is 95.9 cm³/mol. The number of hydrogen-bond donors (Lipinski definition) is 2. The van der Waals surface area contributed by atoms with Crippen LogP contribution in [0.15, 0.2) is 48.8 Å². The van der Waals surface area contributed by atoms with Crippen molar-refractivity contribution in [3.05, 3.63) is 54.5 Å². The fraction of sp³-hybridized carbons (Fsp3) is 0.263. The Morgan fingerprint density at radius 2 is 2.00 bits per heavy atom. The zero-order valence-corrected chi connectivity index (χ0v) is 13.9. The van der Waals surface area contributed by atoms with Gasteiger partial charge in [-0.15, -0.1) is 0 Å². The van der Waals surface area contributed by atoms with E-state index in [0.29, 0.717) is 18.8 Å². The summed E-state index contributed by atoms with van der Waals surface area (Å²) in [5.41, 5.74) is 3.19. The molecule has 2 aromatic heterocycles. The van der Waals surface area contributed by atoms with Gasteiger partial charge in [0.1, 0.15) is 23.7 Å². The number of nitrogens with one attached hydrogen (secondary N) is 2. The van der Waals surface area contributed by atoms with Gasteiger partial charge in [0.15, 0.2) is 0 Å². The largest absolute Gasteiger partial charge is 0.492 e. The third-order valence-corrected chi connectivity index (χ3v) is 4.25. The van der Waals surface area contributed by atoms with Crippen molar-refractivity contribution >= 4 is 11.6 Å². The van der Waals surface area contributed by atoms with Crippen molar-refractivity contribution < 1.29 is 9.53 Å². The second-order valence-electron chi connectivity index (χ2n) is 6.01. The lowest BCUT2D eigenvalue weighted by Crippen LogP contribution is -2.29. The number of nitrogens with zero attached hydrogens (tertiary/aromatic N) is 2. The molecule has 0 spiro atoms. The normalized spacial score (nSPS) is 15.8. The maximum absolute atomic E-state index is 12.3. The molecular formula is C19H20N4O2. The molecule has 0 atom stereocenters. The van der Waals surface area contributed by atoms with E-state index in [0.717, 1.165) is 42.0 Å². The fourth-order valence-corrected chi connectivity index (χ4v) is 2.96. The van der Waals surface area contributed by atoms with Crippen LogP contribution in [0.4, 0.5) is 0 Å². The monoisotopic (exact) mass is 336 g/mol. The number of hydrogen-bond acceptors (Lipinski definition) is 4. The minimum absolute atomic E-state index is 0.140. The van der Waals surface area contributed by atoms with E-state index in [9.17, 15) is 4.79 Å². The standard InChI is InChI=1S/C19H20N4O2/c24-19-17-6-11-23-10-5-16(18(23)22-17)14-3-1-4-15(13-14)25-12-9-20-7-2-8-21-19/h1,3-6,10-11,13,20H,2,7-9,12H2,(H,21,24). The van der Waals surface area contributed by atoms with Gasteiger partial charge in [-0.3, -0.25) is 4.79 Å². The number of carbonyl (C=O) groups is 1. The van der Waals surface area contributed by atoms with E-state index in [1.165, 1.54) is 0 Å². The Bertz CT molecular complexity index is 903. The average molecular weight is 336 g/mol. The van der Waals surface area contributed by atoms with Crippen LogP contribution in [0.25, 0.3) is 16.8 Å². The molecule has 4 bridgehead atoms. The van der Waals surface area contributed by atoms with Gasteiger partial charge in [-0.1, -0.05) is 12.1 Å². The van der Waals surface area contributed by atoms with E-state index in [2.05, 4.69) is 15.6 Å². The van der Waals surface area contributed by atoms with Gasteiger partial charge in [0, 0.05) is 31.0 Å². The number of amides is 1.